The van der Waals surface area contributed by atoms with Gasteiger partial charge in [0.1, 0.15) is 23.4 Å². The second kappa shape index (κ2) is 3.06. The molecule has 0 aliphatic rings. The van der Waals surface area contributed by atoms with Gasteiger partial charge in [0.2, 0.25) is 0 Å². The van der Waals surface area contributed by atoms with Crippen molar-refractivity contribution in [1.82, 2.24) is 19.9 Å². The second-order valence-electron chi connectivity index (χ2n) is 3.43. The molecule has 0 radical (unpaired) electrons. The first kappa shape index (κ1) is 8.90. The van der Waals surface area contributed by atoms with Crippen molar-refractivity contribution in [2.75, 3.05) is 5.73 Å². The second-order valence-corrected chi connectivity index (χ2v) is 3.43. The molecule has 0 aliphatic heterocycles. The fourth-order valence-electron chi connectivity index (χ4n) is 1.60. The minimum Gasteiger partial charge on any atom is -0.469 e. The number of nitrogens with one attached hydrogen (secondary N) is 1. The van der Waals surface area contributed by atoms with Gasteiger partial charge in [-0.1, -0.05) is 0 Å². The molecule has 0 saturated heterocycles. The van der Waals surface area contributed by atoms with E-state index >= 15 is 0 Å². The zero-order valence-corrected chi connectivity index (χ0v) is 8.56. The molecule has 80 valence electrons. The van der Waals surface area contributed by atoms with E-state index < -0.39 is 0 Å². The van der Waals surface area contributed by atoms with Gasteiger partial charge in [-0.3, -0.25) is 0 Å². The molecule has 6 nitrogen and oxygen atoms in total. The van der Waals surface area contributed by atoms with Crippen LogP contribution in [-0.2, 0) is 0 Å². The first-order chi connectivity index (χ1) is 7.75. The lowest BCUT2D eigenvalue weighted by Gasteiger charge is -1.91. The Hall–Kier alpha value is -2.37. The molecule has 0 amide bonds. The van der Waals surface area contributed by atoms with Crippen LogP contribution >= 0.6 is 0 Å². The third-order valence-corrected chi connectivity index (χ3v) is 2.43. The van der Waals surface area contributed by atoms with Crippen LogP contribution in [0.15, 0.2) is 23.1 Å². The van der Waals surface area contributed by atoms with E-state index in [4.69, 9.17) is 10.2 Å². The molecule has 0 fully saturated rings. The van der Waals surface area contributed by atoms with Gasteiger partial charge in [-0.2, -0.15) is 0 Å². The lowest BCUT2D eigenvalue weighted by molar-refractivity contribution is 0.535. The Balaban J connectivity index is 2.27. The van der Waals surface area contributed by atoms with Crippen LogP contribution in [0.4, 0.5) is 5.82 Å². The van der Waals surface area contributed by atoms with E-state index in [1.54, 1.807) is 6.26 Å². The zero-order valence-electron chi connectivity index (χ0n) is 8.56. The van der Waals surface area contributed by atoms with E-state index in [0.717, 1.165) is 11.3 Å². The predicted molar refractivity (Wildman–Crippen MR) is 58.5 cm³/mol. The number of nitrogen functional groups attached to an aromatic ring is 1. The minimum atomic E-state index is 0.393. The summed E-state index contributed by atoms with van der Waals surface area (Å²) in [5.74, 6) is 1.88. The van der Waals surface area contributed by atoms with Crippen molar-refractivity contribution in [3.63, 3.8) is 0 Å². The van der Waals surface area contributed by atoms with Gasteiger partial charge in [0.15, 0.2) is 11.5 Å². The number of aromatic nitrogens is 4. The maximum absolute atomic E-state index is 5.72. The molecule has 0 unspecified atom stereocenters. The fraction of sp³-hybridized carbons (Fsp3) is 0.100. The summed E-state index contributed by atoms with van der Waals surface area (Å²) in [4.78, 5) is 15.4. The van der Waals surface area contributed by atoms with E-state index in [1.165, 1.54) is 6.33 Å². The quantitative estimate of drug-likeness (QED) is 0.641. The number of aromatic amines is 1. The predicted octanol–water partition coefficient (Wildman–Crippen LogP) is 1.50. The molecular formula is C10H9N5O. The highest BCUT2D eigenvalue weighted by Crippen LogP contribution is 2.24. The van der Waals surface area contributed by atoms with Crippen molar-refractivity contribution in [1.29, 1.82) is 0 Å². The smallest absolute Gasteiger partial charge is 0.183 e. The van der Waals surface area contributed by atoms with E-state index in [-0.39, 0.29) is 0 Å². The molecule has 0 aliphatic carbocycles. The highest BCUT2D eigenvalue weighted by Gasteiger charge is 2.12. The molecular weight excluding hydrogens is 206 g/mol. The zero-order chi connectivity index (χ0) is 11.1. The Morgan fingerprint density at radius 1 is 1.38 bits per heavy atom. The average molecular weight is 215 g/mol. The van der Waals surface area contributed by atoms with Crippen LogP contribution in [0.2, 0.25) is 0 Å². The summed E-state index contributed by atoms with van der Waals surface area (Å²) in [7, 11) is 0. The summed E-state index contributed by atoms with van der Waals surface area (Å²) in [6, 6.07) is 1.84. The number of H-pyrrole nitrogens is 1. The number of furan rings is 1. The third-order valence-electron chi connectivity index (χ3n) is 2.43. The average Bonchev–Trinajstić information content (AvgIpc) is 2.84. The molecule has 3 N–H and O–H groups in total. The maximum atomic E-state index is 5.72. The van der Waals surface area contributed by atoms with E-state index in [1.807, 2.05) is 13.0 Å². The van der Waals surface area contributed by atoms with Crippen LogP contribution < -0.4 is 5.73 Å². The molecule has 3 aromatic heterocycles. The molecule has 0 saturated carbocycles. The Labute approximate surface area is 90.5 Å². The van der Waals surface area contributed by atoms with Crippen LogP contribution in [0.3, 0.4) is 0 Å². The fourth-order valence-corrected chi connectivity index (χ4v) is 1.60. The van der Waals surface area contributed by atoms with Crippen molar-refractivity contribution < 1.29 is 4.42 Å². The number of fused-ring (bicyclic) bond motifs is 1. The molecule has 16 heavy (non-hydrogen) atoms. The summed E-state index contributed by atoms with van der Waals surface area (Å²) < 4.78 is 5.22. The summed E-state index contributed by atoms with van der Waals surface area (Å²) in [6.07, 6.45) is 3.01. The molecule has 6 heteroatoms. The van der Waals surface area contributed by atoms with Crippen LogP contribution in [0, 0.1) is 6.92 Å². The maximum Gasteiger partial charge on any atom is 0.183 e. The van der Waals surface area contributed by atoms with Gasteiger partial charge in [-0.25, -0.2) is 15.0 Å². The number of nitrogens with zero attached hydrogens (tertiary/aromatic N) is 3. The van der Waals surface area contributed by atoms with Crippen LogP contribution in [0.1, 0.15) is 5.76 Å². The number of anilines is 1. The van der Waals surface area contributed by atoms with Crippen molar-refractivity contribution in [3.8, 4) is 11.4 Å². The van der Waals surface area contributed by atoms with Crippen LogP contribution in [0.25, 0.3) is 22.6 Å². The number of imidazole rings is 1. The molecule has 0 atom stereocenters. The number of aryl methyl sites for hydroxylation is 1. The van der Waals surface area contributed by atoms with Crippen molar-refractivity contribution in [2.24, 2.45) is 0 Å². The monoisotopic (exact) mass is 215 g/mol. The van der Waals surface area contributed by atoms with Gasteiger partial charge in [-0.05, 0) is 13.0 Å². The first-order valence-corrected chi connectivity index (χ1v) is 4.76. The first-order valence-electron chi connectivity index (χ1n) is 4.76. The summed E-state index contributed by atoms with van der Waals surface area (Å²) >= 11 is 0. The van der Waals surface area contributed by atoms with Crippen molar-refractivity contribution in [3.05, 3.63) is 24.4 Å². The van der Waals surface area contributed by atoms with E-state index in [0.29, 0.717) is 22.8 Å². The lowest BCUT2D eigenvalue weighted by atomic mass is 10.2. The molecule has 3 aromatic rings. The summed E-state index contributed by atoms with van der Waals surface area (Å²) in [5.41, 5.74) is 7.82. The Morgan fingerprint density at radius 2 is 2.25 bits per heavy atom. The molecule has 0 bridgehead atoms. The Morgan fingerprint density at radius 3 is 2.94 bits per heavy atom. The van der Waals surface area contributed by atoms with Gasteiger partial charge < -0.3 is 15.1 Å². The number of rotatable bonds is 1. The third kappa shape index (κ3) is 1.16. The Bertz CT molecular complexity index is 654. The minimum absolute atomic E-state index is 0.393. The SMILES string of the molecule is Cc1occc1-c1nc2ncnc(N)c2[nH]1. The normalized spacial score (nSPS) is 11.1. The standard InChI is InChI=1S/C10H9N5O/c1-5-6(2-3-16-5)9-14-7-8(11)12-4-13-10(7)15-9/h2-4H,1H3,(H3,11,12,13,14,15). The van der Waals surface area contributed by atoms with Crippen LogP contribution in [0.5, 0.6) is 0 Å². The highest BCUT2D eigenvalue weighted by molar-refractivity contribution is 5.84. The molecule has 0 aromatic carbocycles. The van der Waals surface area contributed by atoms with Gasteiger partial charge in [0.05, 0.1) is 11.8 Å². The number of hydrogen-bond acceptors (Lipinski definition) is 5. The summed E-state index contributed by atoms with van der Waals surface area (Å²) in [6.45, 7) is 1.87. The summed E-state index contributed by atoms with van der Waals surface area (Å²) in [5, 5.41) is 0. The largest absolute Gasteiger partial charge is 0.469 e. The highest BCUT2D eigenvalue weighted by atomic mass is 16.3. The molecule has 3 heterocycles. The van der Waals surface area contributed by atoms with Gasteiger partial charge >= 0.3 is 0 Å². The number of hydrogen-bond donors (Lipinski definition) is 2. The lowest BCUT2D eigenvalue weighted by Crippen LogP contribution is -1.91. The number of nitrogens with two attached hydrogens (primary N) is 1. The molecule has 3 rings (SSSR count). The van der Waals surface area contributed by atoms with E-state index in [9.17, 15) is 0 Å². The van der Waals surface area contributed by atoms with Crippen LogP contribution in [-0.4, -0.2) is 19.9 Å². The topological polar surface area (TPSA) is 93.6 Å². The van der Waals surface area contributed by atoms with Gasteiger partial charge in [-0.15, -0.1) is 0 Å². The van der Waals surface area contributed by atoms with Gasteiger partial charge in [0.25, 0.3) is 0 Å². The van der Waals surface area contributed by atoms with Crippen molar-refractivity contribution >= 4 is 17.0 Å². The molecule has 0 spiro atoms. The van der Waals surface area contributed by atoms with Crippen molar-refractivity contribution in [2.45, 2.75) is 6.92 Å². The Kier molecular flexibility index (Phi) is 1.70. The van der Waals surface area contributed by atoms with Gasteiger partial charge in [0, 0.05) is 0 Å². The van der Waals surface area contributed by atoms with E-state index in [2.05, 4.69) is 19.9 Å².